The van der Waals surface area contributed by atoms with Crippen molar-refractivity contribution in [1.82, 2.24) is 19.8 Å². The number of benzene rings is 1. The number of piperazine rings is 1. The lowest BCUT2D eigenvalue weighted by Crippen LogP contribution is -2.52. The first-order valence-electron chi connectivity index (χ1n) is 11.1. The highest BCUT2D eigenvalue weighted by atomic mass is 35.5. The summed E-state index contributed by atoms with van der Waals surface area (Å²) in [5.41, 5.74) is 2.71. The Morgan fingerprint density at radius 2 is 1.94 bits per heavy atom. The molecule has 2 aromatic rings. The van der Waals surface area contributed by atoms with Gasteiger partial charge >= 0.3 is 0 Å². The summed E-state index contributed by atoms with van der Waals surface area (Å²) in [4.78, 5) is 29.1. The molecule has 7 nitrogen and oxygen atoms in total. The first-order valence-corrected chi connectivity index (χ1v) is 11.5. The number of methoxy groups -OCH3 is 1. The number of carbonyl (C=O) groups excluding carboxylic acids is 1. The van der Waals surface area contributed by atoms with E-state index >= 15 is 0 Å². The van der Waals surface area contributed by atoms with E-state index in [9.17, 15) is 4.79 Å². The third-order valence-corrected chi connectivity index (χ3v) is 7.17. The van der Waals surface area contributed by atoms with E-state index in [-0.39, 0.29) is 5.91 Å². The van der Waals surface area contributed by atoms with Crippen molar-refractivity contribution in [2.24, 2.45) is 0 Å². The summed E-state index contributed by atoms with van der Waals surface area (Å²) in [5, 5.41) is 0.441. The maximum Gasteiger partial charge on any atom is 0.254 e. The van der Waals surface area contributed by atoms with E-state index in [0.717, 1.165) is 50.2 Å². The summed E-state index contributed by atoms with van der Waals surface area (Å²) in [5.74, 6) is 1.58. The Bertz CT molecular complexity index is 972. The largest absolute Gasteiger partial charge is 0.495 e. The van der Waals surface area contributed by atoms with E-state index in [0.29, 0.717) is 29.4 Å². The molecule has 1 saturated heterocycles. The second-order valence-corrected chi connectivity index (χ2v) is 8.96. The lowest BCUT2D eigenvalue weighted by molar-refractivity contribution is 0.0731. The van der Waals surface area contributed by atoms with Crippen molar-refractivity contribution >= 4 is 23.3 Å². The molecule has 0 bridgehead atoms. The van der Waals surface area contributed by atoms with Crippen molar-refractivity contribution in [1.29, 1.82) is 0 Å². The van der Waals surface area contributed by atoms with Gasteiger partial charge in [-0.05, 0) is 37.5 Å². The third kappa shape index (κ3) is 3.96. The zero-order valence-corrected chi connectivity index (χ0v) is 18.6. The second kappa shape index (κ2) is 8.63. The van der Waals surface area contributed by atoms with E-state index in [1.54, 1.807) is 31.6 Å². The van der Waals surface area contributed by atoms with Crippen molar-refractivity contribution in [3.63, 3.8) is 0 Å². The Morgan fingerprint density at radius 1 is 1.13 bits per heavy atom. The molecule has 0 spiro atoms. The minimum absolute atomic E-state index is 0.0375. The van der Waals surface area contributed by atoms with Crippen LogP contribution in [0.25, 0.3) is 0 Å². The van der Waals surface area contributed by atoms with Gasteiger partial charge < -0.3 is 14.5 Å². The predicted molar refractivity (Wildman–Crippen MR) is 120 cm³/mol. The van der Waals surface area contributed by atoms with Gasteiger partial charge in [-0.15, -0.1) is 0 Å². The molecular formula is C23H28ClN5O2. The number of carbonyl (C=O) groups is 1. The van der Waals surface area contributed by atoms with Gasteiger partial charge in [-0.2, -0.15) is 0 Å². The minimum atomic E-state index is -0.0375. The first kappa shape index (κ1) is 20.5. The number of amides is 1. The van der Waals surface area contributed by atoms with E-state index in [4.69, 9.17) is 16.3 Å². The summed E-state index contributed by atoms with van der Waals surface area (Å²) >= 11 is 6.22. The zero-order valence-electron chi connectivity index (χ0n) is 17.9. The molecule has 5 rings (SSSR count). The normalized spacial score (nSPS) is 19.7. The van der Waals surface area contributed by atoms with Crippen molar-refractivity contribution in [3.05, 3.63) is 46.4 Å². The van der Waals surface area contributed by atoms with Gasteiger partial charge in [0.2, 0.25) is 0 Å². The van der Waals surface area contributed by atoms with Crippen LogP contribution in [0.15, 0.2) is 24.5 Å². The van der Waals surface area contributed by atoms with Crippen LogP contribution >= 0.6 is 11.6 Å². The van der Waals surface area contributed by atoms with Gasteiger partial charge in [-0.3, -0.25) is 9.69 Å². The van der Waals surface area contributed by atoms with Crippen molar-refractivity contribution in [3.8, 4) is 5.75 Å². The molecule has 1 amide bonds. The van der Waals surface area contributed by atoms with Gasteiger partial charge in [-0.1, -0.05) is 18.0 Å². The summed E-state index contributed by atoms with van der Waals surface area (Å²) in [6, 6.07) is 5.96. The Labute approximate surface area is 188 Å². The molecule has 0 N–H and O–H groups in total. The van der Waals surface area contributed by atoms with E-state index in [1.807, 2.05) is 4.90 Å². The molecule has 0 atom stereocenters. The molecule has 2 fully saturated rings. The van der Waals surface area contributed by atoms with E-state index in [1.165, 1.54) is 24.8 Å². The average molecular weight is 442 g/mol. The highest BCUT2D eigenvalue weighted by Crippen LogP contribution is 2.30. The Hall–Kier alpha value is -2.38. The smallest absolute Gasteiger partial charge is 0.254 e. The number of ether oxygens (including phenoxy) is 1. The molecule has 3 aliphatic rings. The lowest BCUT2D eigenvalue weighted by Gasteiger charge is -2.43. The van der Waals surface area contributed by atoms with Crippen LogP contribution in [0, 0.1) is 0 Å². The van der Waals surface area contributed by atoms with Crippen LogP contribution in [0.4, 0.5) is 5.82 Å². The van der Waals surface area contributed by atoms with Gasteiger partial charge in [0.25, 0.3) is 5.91 Å². The molecule has 164 valence electrons. The van der Waals surface area contributed by atoms with Crippen molar-refractivity contribution in [2.75, 3.05) is 44.7 Å². The standard InChI is InChI=1S/C23H28ClN5O2/c1-31-21-6-5-16(13-19(21)24)23(30)29-8-7-18-20(14-29)25-15-26-22(18)28-11-9-27(10-12-28)17-3-2-4-17/h5-6,13,15,17H,2-4,7-12,14H2,1H3. The second-order valence-electron chi connectivity index (χ2n) is 8.56. The van der Waals surface area contributed by atoms with Crippen LogP contribution in [0.5, 0.6) is 5.75 Å². The molecule has 0 radical (unpaired) electrons. The fraction of sp³-hybridized carbons (Fsp3) is 0.522. The number of nitrogens with zero attached hydrogens (tertiary/aromatic N) is 5. The highest BCUT2D eigenvalue weighted by Gasteiger charge is 2.31. The maximum absolute atomic E-state index is 13.0. The SMILES string of the molecule is COc1ccc(C(=O)N2CCc3c(ncnc3N3CCN(C4CCC4)CC3)C2)cc1Cl. The van der Waals surface area contributed by atoms with Crippen LogP contribution in [-0.4, -0.2) is 71.6 Å². The number of aromatic nitrogens is 2. The summed E-state index contributed by atoms with van der Waals surface area (Å²) < 4.78 is 5.19. The van der Waals surface area contributed by atoms with Gasteiger partial charge in [0.05, 0.1) is 24.4 Å². The minimum Gasteiger partial charge on any atom is -0.495 e. The van der Waals surface area contributed by atoms with Crippen LogP contribution in [0.3, 0.4) is 0 Å². The molecule has 0 unspecified atom stereocenters. The van der Waals surface area contributed by atoms with Gasteiger partial charge in [0.1, 0.15) is 17.9 Å². The molecule has 3 heterocycles. The number of anilines is 1. The van der Waals surface area contributed by atoms with Crippen LogP contribution in [-0.2, 0) is 13.0 Å². The maximum atomic E-state index is 13.0. The topological polar surface area (TPSA) is 61.8 Å². The van der Waals surface area contributed by atoms with Crippen LogP contribution in [0.1, 0.15) is 40.9 Å². The Kier molecular flexibility index (Phi) is 5.71. The molecule has 31 heavy (non-hydrogen) atoms. The Balaban J connectivity index is 1.29. The van der Waals surface area contributed by atoms with E-state index < -0.39 is 0 Å². The van der Waals surface area contributed by atoms with Gasteiger partial charge in [-0.25, -0.2) is 9.97 Å². The molecular weight excluding hydrogens is 414 g/mol. The van der Waals surface area contributed by atoms with Crippen LogP contribution in [0.2, 0.25) is 5.02 Å². The predicted octanol–water partition coefficient (Wildman–Crippen LogP) is 3.01. The van der Waals surface area contributed by atoms with Crippen LogP contribution < -0.4 is 9.64 Å². The highest BCUT2D eigenvalue weighted by molar-refractivity contribution is 6.32. The quantitative estimate of drug-likeness (QED) is 0.726. The first-order chi connectivity index (χ1) is 15.1. The average Bonchev–Trinajstić information content (AvgIpc) is 2.77. The molecule has 1 saturated carbocycles. The summed E-state index contributed by atoms with van der Waals surface area (Å²) in [6.45, 7) is 5.37. The molecule has 1 aromatic carbocycles. The van der Waals surface area contributed by atoms with E-state index in [2.05, 4.69) is 19.8 Å². The summed E-state index contributed by atoms with van der Waals surface area (Å²) in [6.07, 6.45) is 6.50. The molecule has 8 heteroatoms. The summed E-state index contributed by atoms with van der Waals surface area (Å²) in [7, 11) is 1.56. The fourth-order valence-electron chi connectivity index (χ4n) is 4.82. The Morgan fingerprint density at radius 3 is 2.61 bits per heavy atom. The number of hydrogen-bond donors (Lipinski definition) is 0. The third-order valence-electron chi connectivity index (χ3n) is 6.88. The molecule has 2 aliphatic heterocycles. The molecule has 1 aromatic heterocycles. The lowest BCUT2D eigenvalue weighted by atomic mass is 9.91. The number of rotatable bonds is 4. The monoisotopic (exact) mass is 441 g/mol. The number of halogens is 1. The number of hydrogen-bond acceptors (Lipinski definition) is 6. The van der Waals surface area contributed by atoms with Crippen molar-refractivity contribution in [2.45, 2.75) is 38.3 Å². The van der Waals surface area contributed by atoms with Gasteiger partial charge in [0, 0.05) is 49.9 Å². The molecule has 1 aliphatic carbocycles. The van der Waals surface area contributed by atoms with Crippen molar-refractivity contribution < 1.29 is 9.53 Å². The van der Waals surface area contributed by atoms with Gasteiger partial charge in [0.15, 0.2) is 0 Å². The zero-order chi connectivity index (χ0) is 21.4. The fourth-order valence-corrected chi connectivity index (χ4v) is 5.07. The number of fused-ring (bicyclic) bond motifs is 1.